The molecule has 15 heavy (non-hydrogen) atoms. The number of carbonyl (C=O) groups excluding carboxylic acids is 1. The van der Waals surface area contributed by atoms with Crippen LogP contribution < -0.4 is 0 Å². The Morgan fingerprint density at radius 3 is 2.60 bits per heavy atom. The lowest BCUT2D eigenvalue weighted by Crippen LogP contribution is -1.82. The van der Waals surface area contributed by atoms with E-state index in [0.29, 0.717) is 10.6 Å². The first-order valence-corrected chi connectivity index (χ1v) is 5.71. The van der Waals surface area contributed by atoms with Crippen molar-refractivity contribution in [3.63, 3.8) is 0 Å². The Bertz CT molecular complexity index is 502. The lowest BCUT2D eigenvalue weighted by Gasteiger charge is -2.00. The van der Waals surface area contributed by atoms with E-state index in [4.69, 9.17) is 11.6 Å². The molecule has 76 valence electrons. The second kappa shape index (κ2) is 4.17. The molecule has 0 bridgehead atoms. The van der Waals surface area contributed by atoms with Gasteiger partial charge in [0.1, 0.15) is 0 Å². The molecule has 0 unspecified atom stereocenters. The van der Waals surface area contributed by atoms with Crippen LogP contribution in [0.4, 0.5) is 0 Å². The van der Waals surface area contributed by atoms with E-state index in [1.165, 1.54) is 9.75 Å². The van der Waals surface area contributed by atoms with E-state index in [9.17, 15) is 4.79 Å². The van der Waals surface area contributed by atoms with Crippen molar-refractivity contribution in [1.82, 2.24) is 0 Å². The van der Waals surface area contributed by atoms with Gasteiger partial charge in [0.15, 0.2) is 6.29 Å². The van der Waals surface area contributed by atoms with Gasteiger partial charge < -0.3 is 0 Å². The maximum atomic E-state index is 10.6. The third kappa shape index (κ3) is 2.11. The largest absolute Gasteiger partial charge is 0.298 e. The van der Waals surface area contributed by atoms with Crippen molar-refractivity contribution in [2.45, 2.75) is 6.92 Å². The van der Waals surface area contributed by atoms with Gasteiger partial charge in [-0.1, -0.05) is 17.7 Å². The van der Waals surface area contributed by atoms with Gasteiger partial charge in [0.2, 0.25) is 0 Å². The molecule has 0 aliphatic heterocycles. The molecule has 0 saturated heterocycles. The number of benzene rings is 1. The molecule has 0 spiro atoms. The standard InChI is InChI=1S/C12H9ClOS/c1-8-2-5-12(15-8)9-3-4-10(7-14)11(13)6-9/h2-7H,1H3. The molecular formula is C12H9ClOS. The highest BCUT2D eigenvalue weighted by Crippen LogP contribution is 2.30. The van der Waals surface area contributed by atoms with E-state index >= 15 is 0 Å². The second-order valence-corrected chi connectivity index (χ2v) is 4.96. The third-order valence-corrected chi connectivity index (χ3v) is 3.53. The van der Waals surface area contributed by atoms with E-state index < -0.39 is 0 Å². The summed E-state index contributed by atoms with van der Waals surface area (Å²) < 4.78 is 0. The van der Waals surface area contributed by atoms with E-state index in [1.807, 2.05) is 12.1 Å². The van der Waals surface area contributed by atoms with E-state index in [-0.39, 0.29) is 0 Å². The Hall–Kier alpha value is -1.12. The summed E-state index contributed by atoms with van der Waals surface area (Å²) in [6.07, 6.45) is 0.770. The fourth-order valence-electron chi connectivity index (χ4n) is 1.37. The van der Waals surface area contributed by atoms with Crippen molar-refractivity contribution >= 4 is 29.2 Å². The normalized spacial score (nSPS) is 10.3. The molecule has 1 aromatic heterocycles. The highest BCUT2D eigenvalue weighted by Gasteiger charge is 2.04. The Kier molecular flexibility index (Phi) is 2.89. The molecule has 0 saturated carbocycles. The monoisotopic (exact) mass is 236 g/mol. The van der Waals surface area contributed by atoms with Crippen LogP contribution in [0.15, 0.2) is 30.3 Å². The Morgan fingerprint density at radius 1 is 1.27 bits per heavy atom. The molecule has 0 fully saturated rings. The van der Waals surface area contributed by atoms with Gasteiger partial charge in [-0.05, 0) is 36.8 Å². The minimum absolute atomic E-state index is 0.508. The molecule has 1 aromatic carbocycles. The van der Waals surface area contributed by atoms with Crippen LogP contribution in [0.1, 0.15) is 15.2 Å². The zero-order chi connectivity index (χ0) is 10.8. The number of carbonyl (C=O) groups is 1. The summed E-state index contributed by atoms with van der Waals surface area (Å²) in [5.41, 5.74) is 1.59. The van der Waals surface area contributed by atoms with Crippen LogP contribution in [0, 0.1) is 6.92 Å². The first kappa shape index (κ1) is 10.4. The first-order valence-electron chi connectivity index (χ1n) is 4.52. The minimum atomic E-state index is 0.508. The van der Waals surface area contributed by atoms with Gasteiger partial charge in [-0.2, -0.15) is 0 Å². The fourth-order valence-corrected chi connectivity index (χ4v) is 2.45. The van der Waals surface area contributed by atoms with Crippen LogP contribution in [0.5, 0.6) is 0 Å². The molecule has 0 atom stereocenters. The summed E-state index contributed by atoms with van der Waals surface area (Å²) in [6, 6.07) is 9.63. The predicted octanol–water partition coefficient (Wildman–Crippen LogP) is 4.19. The van der Waals surface area contributed by atoms with Gasteiger partial charge in [-0.15, -0.1) is 11.3 Å². The van der Waals surface area contributed by atoms with Gasteiger partial charge in [0, 0.05) is 15.3 Å². The summed E-state index contributed by atoms with van der Waals surface area (Å²) in [6.45, 7) is 2.07. The van der Waals surface area contributed by atoms with E-state index in [0.717, 1.165) is 11.8 Å². The molecule has 1 heterocycles. The Balaban J connectivity index is 2.46. The molecule has 1 nitrogen and oxygen atoms in total. The van der Waals surface area contributed by atoms with Crippen molar-refractivity contribution in [3.05, 3.63) is 45.8 Å². The van der Waals surface area contributed by atoms with E-state index in [2.05, 4.69) is 19.1 Å². The van der Waals surface area contributed by atoms with Crippen LogP contribution in [0.3, 0.4) is 0 Å². The molecule has 0 aliphatic rings. The summed E-state index contributed by atoms with van der Waals surface area (Å²) in [5.74, 6) is 0. The average molecular weight is 237 g/mol. The number of hydrogen-bond donors (Lipinski definition) is 0. The number of rotatable bonds is 2. The van der Waals surface area contributed by atoms with Crippen molar-refractivity contribution in [3.8, 4) is 10.4 Å². The highest BCUT2D eigenvalue weighted by molar-refractivity contribution is 7.15. The fraction of sp³-hybridized carbons (Fsp3) is 0.0833. The SMILES string of the molecule is Cc1ccc(-c2ccc(C=O)c(Cl)c2)s1. The lowest BCUT2D eigenvalue weighted by atomic mass is 10.1. The van der Waals surface area contributed by atoms with Crippen LogP contribution in [-0.4, -0.2) is 6.29 Å². The highest BCUT2D eigenvalue weighted by atomic mass is 35.5. The van der Waals surface area contributed by atoms with Crippen LogP contribution in [0.2, 0.25) is 5.02 Å². The van der Waals surface area contributed by atoms with Gasteiger partial charge in [-0.25, -0.2) is 0 Å². The van der Waals surface area contributed by atoms with Crippen molar-refractivity contribution in [1.29, 1.82) is 0 Å². The zero-order valence-corrected chi connectivity index (χ0v) is 9.73. The minimum Gasteiger partial charge on any atom is -0.298 e. The number of aldehydes is 1. The summed E-state index contributed by atoms with van der Waals surface area (Å²) >= 11 is 7.68. The third-order valence-electron chi connectivity index (χ3n) is 2.15. The van der Waals surface area contributed by atoms with Gasteiger partial charge >= 0.3 is 0 Å². The smallest absolute Gasteiger partial charge is 0.151 e. The van der Waals surface area contributed by atoms with Crippen molar-refractivity contribution in [2.75, 3.05) is 0 Å². The average Bonchev–Trinajstić information content (AvgIpc) is 2.65. The summed E-state index contributed by atoms with van der Waals surface area (Å²) in [7, 11) is 0. The molecular weight excluding hydrogens is 228 g/mol. The van der Waals surface area contributed by atoms with E-state index in [1.54, 1.807) is 17.4 Å². The van der Waals surface area contributed by atoms with Gasteiger partial charge in [0.25, 0.3) is 0 Å². The van der Waals surface area contributed by atoms with Crippen molar-refractivity contribution < 1.29 is 4.79 Å². The van der Waals surface area contributed by atoms with Gasteiger partial charge in [0.05, 0.1) is 5.02 Å². The molecule has 2 aromatic rings. The maximum absolute atomic E-state index is 10.6. The second-order valence-electron chi connectivity index (χ2n) is 3.26. The number of thiophene rings is 1. The maximum Gasteiger partial charge on any atom is 0.151 e. The molecule has 3 heteroatoms. The molecule has 2 rings (SSSR count). The zero-order valence-electron chi connectivity index (χ0n) is 8.16. The number of aryl methyl sites for hydroxylation is 1. The molecule has 0 radical (unpaired) electrons. The lowest BCUT2D eigenvalue weighted by molar-refractivity contribution is 0.112. The van der Waals surface area contributed by atoms with Crippen LogP contribution in [0.25, 0.3) is 10.4 Å². The predicted molar refractivity (Wildman–Crippen MR) is 64.9 cm³/mol. The Morgan fingerprint density at radius 2 is 2.07 bits per heavy atom. The van der Waals surface area contributed by atoms with Crippen LogP contribution in [-0.2, 0) is 0 Å². The molecule has 0 aliphatic carbocycles. The number of halogens is 1. The number of hydrogen-bond acceptors (Lipinski definition) is 2. The van der Waals surface area contributed by atoms with Crippen molar-refractivity contribution in [2.24, 2.45) is 0 Å². The molecule has 0 N–H and O–H groups in total. The topological polar surface area (TPSA) is 17.1 Å². The molecule has 0 amide bonds. The summed E-state index contributed by atoms with van der Waals surface area (Å²) in [5, 5.41) is 0.508. The van der Waals surface area contributed by atoms with Crippen LogP contribution >= 0.6 is 22.9 Å². The first-order chi connectivity index (χ1) is 7.20. The van der Waals surface area contributed by atoms with Gasteiger partial charge in [-0.3, -0.25) is 4.79 Å². The summed E-state index contributed by atoms with van der Waals surface area (Å²) in [4.78, 5) is 13.0. The quantitative estimate of drug-likeness (QED) is 0.715. The Labute approximate surface area is 97.3 Å².